The van der Waals surface area contributed by atoms with Gasteiger partial charge in [-0.3, -0.25) is 9.59 Å². The summed E-state index contributed by atoms with van der Waals surface area (Å²) in [5.74, 6) is 0.744. The monoisotopic (exact) mass is 354 g/mol. The van der Waals surface area contributed by atoms with Gasteiger partial charge in [-0.25, -0.2) is 9.97 Å². The summed E-state index contributed by atoms with van der Waals surface area (Å²) in [7, 11) is 0. The van der Waals surface area contributed by atoms with E-state index in [1.807, 2.05) is 23.1 Å². The lowest BCUT2D eigenvalue weighted by Gasteiger charge is -2.32. The fourth-order valence-electron chi connectivity index (χ4n) is 3.39. The van der Waals surface area contributed by atoms with E-state index in [0.29, 0.717) is 17.9 Å². The molecule has 1 N–H and O–H groups in total. The van der Waals surface area contributed by atoms with Crippen molar-refractivity contribution in [3.05, 3.63) is 57.2 Å². The molecule has 0 saturated carbocycles. The maximum atomic E-state index is 12.9. The number of hydrogen-bond donors (Lipinski definition) is 1. The van der Waals surface area contributed by atoms with Gasteiger partial charge in [0.25, 0.3) is 11.5 Å². The number of piperidine rings is 1. The first kappa shape index (κ1) is 16.0. The van der Waals surface area contributed by atoms with Gasteiger partial charge in [0.2, 0.25) is 0 Å². The first-order valence-corrected chi connectivity index (χ1v) is 9.18. The van der Waals surface area contributed by atoms with E-state index in [2.05, 4.69) is 15.0 Å². The molecule has 1 amide bonds. The molecule has 0 bridgehead atoms. The molecule has 0 spiro atoms. The predicted molar refractivity (Wildman–Crippen MR) is 97.1 cm³/mol. The van der Waals surface area contributed by atoms with Crippen molar-refractivity contribution in [2.45, 2.75) is 25.7 Å². The normalized spacial score (nSPS) is 17.8. The second-order valence-electron chi connectivity index (χ2n) is 6.38. The van der Waals surface area contributed by atoms with Crippen LogP contribution in [0.25, 0.3) is 10.2 Å². The fraction of sp³-hybridized carbons (Fsp3) is 0.333. The van der Waals surface area contributed by atoms with Crippen LogP contribution in [0.4, 0.5) is 0 Å². The second-order valence-corrected chi connectivity index (χ2v) is 7.27. The quantitative estimate of drug-likeness (QED) is 0.767. The highest BCUT2D eigenvalue weighted by Crippen LogP contribution is 2.27. The first-order chi connectivity index (χ1) is 12.1. The van der Waals surface area contributed by atoms with Crippen LogP contribution in [0.2, 0.25) is 0 Å². The van der Waals surface area contributed by atoms with Crippen molar-refractivity contribution in [2.24, 2.45) is 0 Å². The number of amides is 1. The molecule has 6 nitrogen and oxygen atoms in total. The van der Waals surface area contributed by atoms with Crippen LogP contribution >= 0.6 is 11.3 Å². The van der Waals surface area contributed by atoms with Gasteiger partial charge < -0.3 is 9.88 Å². The smallest absolute Gasteiger partial charge is 0.253 e. The van der Waals surface area contributed by atoms with Crippen molar-refractivity contribution in [2.75, 3.05) is 13.1 Å². The number of aromatic amines is 1. The Morgan fingerprint density at radius 1 is 1.36 bits per heavy atom. The highest BCUT2D eigenvalue weighted by atomic mass is 32.1. The number of fused-ring (bicyclic) bond motifs is 1. The van der Waals surface area contributed by atoms with Gasteiger partial charge in [0, 0.05) is 30.6 Å². The number of H-pyrrole nitrogens is 1. The minimum Gasteiger partial charge on any atom is -0.338 e. The summed E-state index contributed by atoms with van der Waals surface area (Å²) in [5, 5.41) is 0. The number of hydrogen-bond acceptors (Lipinski definition) is 5. The molecule has 3 heterocycles. The maximum Gasteiger partial charge on any atom is 0.253 e. The van der Waals surface area contributed by atoms with Crippen molar-refractivity contribution in [1.29, 1.82) is 0 Å². The van der Waals surface area contributed by atoms with E-state index in [0.717, 1.165) is 35.3 Å². The molecule has 1 atom stereocenters. The van der Waals surface area contributed by atoms with Gasteiger partial charge in [-0.1, -0.05) is 0 Å². The molecule has 0 unspecified atom stereocenters. The van der Waals surface area contributed by atoms with Crippen LogP contribution in [-0.2, 0) is 0 Å². The molecular formula is C18H18N4O2S. The standard InChI is InChI=1S/C18H18N4O2S/c1-11-20-15(8-17(23)21-11)13-3-2-6-22(9-13)18(24)12-4-5-14-16(7-12)25-10-19-14/h4-5,7-8,10,13H,2-3,6,9H2,1H3,(H,20,21,23)/t13-/m0/s1. The summed E-state index contributed by atoms with van der Waals surface area (Å²) < 4.78 is 1.02. The molecule has 1 saturated heterocycles. The van der Waals surface area contributed by atoms with Gasteiger partial charge in [-0.15, -0.1) is 11.3 Å². The van der Waals surface area contributed by atoms with Crippen LogP contribution in [-0.4, -0.2) is 38.8 Å². The number of carbonyl (C=O) groups excluding carboxylic acids is 1. The van der Waals surface area contributed by atoms with Crippen LogP contribution in [0.15, 0.2) is 34.6 Å². The zero-order chi connectivity index (χ0) is 17.4. The van der Waals surface area contributed by atoms with E-state index < -0.39 is 0 Å². The SMILES string of the molecule is Cc1nc([C@H]2CCCN(C(=O)c3ccc4ncsc4c3)C2)cc(=O)[nH]1. The average Bonchev–Trinajstić information content (AvgIpc) is 3.08. The van der Waals surface area contributed by atoms with Crippen molar-refractivity contribution in [1.82, 2.24) is 19.9 Å². The molecule has 7 heteroatoms. The third-order valence-electron chi connectivity index (χ3n) is 4.58. The van der Waals surface area contributed by atoms with Crippen LogP contribution < -0.4 is 5.56 Å². The van der Waals surface area contributed by atoms with Gasteiger partial charge in [0.15, 0.2) is 0 Å². The summed E-state index contributed by atoms with van der Waals surface area (Å²) in [6.45, 7) is 3.11. The van der Waals surface area contributed by atoms with Crippen LogP contribution in [0.3, 0.4) is 0 Å². The lowest BCUT2D eigenvalue weighted by molar-refractivity contribution is 0.0706. The minimum atomic E-state index is -0.137. The van der Waals surface area contributed by atoms with E-state index in [-0.39, 0.29) is 17.4 Å². The summed E-state index contributed by atoms with van der Waals surface area (Å²) in [4.78, 5) is 37.9. The largest absolute Gasteiger partial charge is 0.338 e. The number of aromatic nitrogens is 3. The topological polar surface area (TPSA) is 79.0 Å². The zero-order valence-electron chi connectivity index (χ0n) is 13.9. The minimum absolute atomic E-state index is 0.0292. The fourth-order valence-corrected chi connectivity index (χ4v) is 4.10. The Kier molecular flexibility index (Phi) is 4.09. The number of benzene rings is 1. The number of likely N-dealkylation sites (tertiary alicyclic amines) is 1. The van der Waals surface area contributed by atoms with Crippen LogP contribution in [0, 0.1) is 6.92 Å². The van der Waals surface area contributed by atoms with E-state index in [9.17, 15) is 9.59 Å². The summed E-state index contributed by atoms with van der Waals surface area (Å²) >= 11 is 1.54. The third kappa shape index (κ3) is 3.19. The molecule has 1 aliphatic heterocycles. The Morgan fingerprint density at radius 2 is 2.24 bits per heavy atom. The van der Waals surface area contributed by atoms with Crippen molar-refractivity contribution >= 4 is 27.5 Å². The number of nitrogens with one attached hydrogen (secondary N) is 1. The summed E-state index contributed by atoms with van der Waals surface area (Å²) in [5.41, 5.74) is 4.03. The van der Waals surface area contributed by atoms with Gasteiger partial charge in [0.05, 0.1) is 21.4 Å². The highest BCUT2D eigenvalue weighted by molar-refractivity contribution is 7.16. The average molecular weight is 354 g/mol. The Balaban J connectivity index is 1.57. The molecule has 128 valence electrons. The van der Waals surface area contributed by atoms with Crippen LogP contribution in [0.5, 0.6) is 0 Å². The van der Waals surface area contributed by atoms with Crippen molar-refractivity contribution < 1.29 is 4.79 Å². The number of nitrogens with zero attached hydrogens (tertiary/aromatic N) is 3. The van der Waals surface area contributed by atoms with Crippen LogP contribution in [0.1, 0.15) is 40.6 Å². The Morgan fingerprint density at radius 3 is 3.08 bits per heavy atom. The number of carbonyl (C=O) groups is 1. The lowest BCUT2D eigenvalue weighted by atomic mass is 9.94. The molecule has 25 heavy (non-hydrogen) atoms. The van der Waals surface area contributed by atoms with Gasteiger partial charge >= 0.3 is 0 Å². The van der Waals surface area contributed by atoms with Crippen molar-refractivity contribution in [3.63, 3.8) is 0 Å². The maximum absolute atomic E-state index is 12.9. The van der Waals surface area contributed by atoms with E-state index >= 15 is 0 Å². The molecular weight excluding hydrogens is 336 g/mol. The summed E-state index contributed by atoms with van der Waals surface area (Å²) in [6.07, 6.45) is 1.85. The van der Waals surface area contributed by atoms with Gasteiger partial charge in [0.1, 0.15) is 5.82 Å². The number of rotatable bonds is 2. The Hall–Kier alpha value is -2.54. The van der Waals surface area contributed by atoms with Gasteiger partial charge in [-0.05, 0) is 38.0 Å². The predicted octanol–water partition coefficient (Wildman–Crippen LogP) is 2.71. The first-order valence-electron chi connectivity index (χ1n) is 8.30. The van der Waals surface area contributed by atoms with E-state index in [4.69, 9.17) is 0 Å². The molecule has 2 aromatic heterocycles. The van der Waals surface area contributed by atoms with E-state index in [1.54, 1.807) is 18.5 Å². The zero-order valence-corrected chi connectivity index (χ0v) is 14.7. The molecule has 3 aromatic rings. The highest BCUT2D eigenvalue weighted by Gasteiger charge is 2.27. The molecule has 1 aliphatic rings. The molecule has 0 aliphatic carbocycles. The summed E-state index contributed by atoms with van der Waals surface area (Å²) in [6, 6.07) is 7.19. The van der Waals surface area contributed by atoms with Crippen molar-refractivity contribution in [3.8, 4) is 0 Å². The molecule has 4 rings (SSSR count). The number of thiazole rings is 1. The Labute approximate surface area is 148 Å². The number of aryl methyl sites for hydroxylation is 1. The third-order valence-corrected chi connectivity index (χ3v) is 5.38. The Bertz CT molecular complexity index is 994. The molecule has 1 fully saturated rings. The lowest BCUT2D eigenvalue weighted by Crippen LogP contribution is -2.39. The molecule has 1 aromatic carbocycles. The molecule has 0 radical (unpaired) electrons. The second kappa shape index (κ2) is 6.40. The van der Waals surface area contributed by atoms with E-state index in [1.165, 1.54) is 11.3 Å². The van der Waals surface area contributed by atoms with Gasteiger partial charge in [-0.2, -0.15) is 0 Å².